The lowest BCUT2D eigenvalue weighted by molar-refractivity contribution is -0.123. The smallest absolute Gasteiger partial charge is 0.258 e. The average Bonchev–Trinajstić information content (AvgIpc) is 2.38. The summed E-state index contributed by atoms with van der Waals surface area (Å²) in [4.78, 5) is 11.6. The third kappa shape index (κ3) is 4.00. The molecule has 0 saturated carbocycles. The molecule has 0 aromatic heterocycles. The predicted molar refractivity (Wildman–Crippen MR) is 65.9 cm³/mol. The van der Waals surface area contributed by atoms with Crippen LogP contribution < -0.4 is 15.4 Å². The van der Waals surface area contributed by atoms with Crippen LogP contribution in [0, 0.1) is 5.82 Å². The fourth-order valence-electron chi connectivity index (χ4n) is 1.94. The van der Waals surface area contributed by atoms with Crippen molar-refractivity contribution >= 4 is 5.91 Å². The normalized spacial score (nSPS) is 16.3. The number of carbonyl (C=O) groups is 1. The zero-order valence-corrected chi connectivity index (χ0v) is 10.1. The Bertz CT molecular complexity index is 406. The molecule has 1 saturated heterocycles. The van der Waals surface area contributed by atoms with Gasteiger partial charge in [-0.05, 0) is 38.1 Å². The highest BCUT2D eigenvalue weighted by Gasteiger charge is 2.15. The van der Waals surface area contributed by atoms with Crippen LogP contribution in [0.3, 0.4) is 0 Å². The number of hydrogen-bond acceptors (Lipinski definition) is 3. The first kappa shape index (κ1) is 12.8. The number of nitrogens with one attached hydrogen (secondary N) is 2. The molecule has 18 heavy (non-hydrogen) atoms. The molecule has 4 nitrogen and oxygen atoms in total. The van der Waals surface area contributed by atoms with Gasteiger partial charge in [-0.25, -0.2) is 4.39 Å². The molecule has 0 bridgehead atoms. The second-order valence-corrected chi connectivity index (χ2v) is 4.34. The average molecular weight is 252 g/mol. The summed E-state index contributed by atoms with van der Waals surface area (Å²) < 4.78 is 18.1. The first-order chi connectivity index (χ1) is 8.74. The van der Waals surface area contributed by atoms with Crippen molar-refractivity contribution in [3.05, 3.63) is 30.1 Å². The number of benzene rings is 1. The van der Waals surface area contributed by atoms with Gasteiger partial charge in [0.25, 0.3) is 5.91 Å². The molecule has 1 aliphatic rings. The highest BCUT2D eigenvalue weighted by atomic mass is 19.1. The molecule has 2 N–H and O–H groups in total. The minimum atomic E-state index is -0.369. The zero-order chi connectivity index (χ0) is 12.8. The maximum absolute atomic E-state index is 12.9. The third-order valence-corrected chi connectivity index (χ3v) is 2.87. The van der Waals surface area contributed by atoms with E-state index in [9.17, 15) is 9.18 Å². The van der Waals surface area contributed by atoms with Gasteiger partial charge in [0.05, 0.1) is 0 Å². The highest BCUT2D eigenvalue weighted by molar-refractivity contribution is 5.77. The molecule has 1 amide bonds. The van der Waals surface area contributed by atoms with Crippen molar-refractivity contribution in [2.45, 2.75) is 18.9 Å². The topological polar surface area (TPSA) is 50.4 Å². The Balaban J connectivity index is 1.74. The Morgan fingerprint density at radius 1 is 1.44 bits per heavy atom. The molecule has 1 aliphatic heterocycles. The summed E-state index contributed by atoms with van der Waals surface area (Å²) in [6, 6.07) is 5.99. The molecule has 5 heteroatoms. The van der Waals surface area contributed by atoms with Crippen LogP contribution in [-0.2, 0) is 4.79 Å². The van der Waals surface area contributed by atoms with Crippen LogP contribution in [-0.4, -0.2) is 31.6 Å². The van der Waals surface area contributed by atoms with Crippen molar-refractivity contribution < 1.29 is 13.9 Å². The maximum Gasteiger partial charge on any atom is 0.258 e. The van der Waals surface area contributed by atoms with E-state index in [2.05, 4.69) is 10.6 Å². The lowest BCUT2D eigenvalue weighted by Gasteiger charge is -2.23. The van der Waals surface area contributed by atoms with E-state index in [0.717, 1.165) is 25.9 Å². The van der Waals surface area contributed by atoms with Crippen molar-refractivity contribution in [1.29, 1.82) is 0 Å². The quantitative estimate of drug-likeness (QED) is 0.843. The van der Waals surface area contributed by atoms with Crippen LogP contribution in [0.2, 0.25) is 0 Å². The minimum absolute atomic E-state index is 0.0760. The molecule has 2 rings (SSSR count). The van der Waals surface area contributed by atoms with Gasteiger partial charge in [-0.1, -0.05) is 6.07 Å². The van der Waals surface area contributed by atoms with Crippen LogP contribution in [0.1, 0.15) is 12.8 Å². The van der Waals surface area contributed by atoms with Crippen molar-refractivity contribution in [3.8, 4) is 5.75 Å². The van der Waals surface area contributed by atoms with Gasteiger partial charge in [-0.2, -0.15) is 0 Å². The molecular weight excluding hydrogens is 235 g/mol. The van der Waals surface area contributed by atoms with E-state index in [4.69, 9.17) is 4.74 Å². The van der Waals surface area contributed by atoms with Crippen molar-refractivity contribution in [3.63, 3.8) is 0 Å². The number of piperidine rings is 1. The van der Waals surface area contributed by atoms with Crippen molar-refractivity contribution in [2.75, 3.05) is 19.7 Å². The predicted octanol–water partition coefficient (Wildman–Crippen LogP) is 1.07. The van der Waals surface area contributed by atoms with Gasteiger partial charge in [0.2, 0.25) is 0 Å². The Morgan fingerprint density at radius 3 is 2.94 bits per heavy atom. The second-order valence-electron chi connectivity index (χ2n) is 4.34. The van der Waals surface area contributed by atoms with Gasteiger partial charge in [0.1, 0.15) is 11.6 Å². The molecule has 1 aromatic carbocycles. The molecule has 1 heterocycles. The summed E-state index contributed by atoms with van der Waals surface area (Å²) in [5.41, 5.74) is 0. The van der Waals surface area contributed by atoms with E-state index in [1.54, 1.807) is 12.1 Å². The van der Waals surface area contributed by atoms with Gasteiger partial charge >= 0.3 is 0 Å². The molecule has 0 radical (unpaired) electrons. The lowest BCUT2D eigenvalue weighted by Crippen LogP contribution is -2.44. The number of ether oxygens (including phenoxy) is 1. The first-order valence-corrected chi connectivity index (χ1v) is 6.12. The van der Waals surface area contributed by atoms with E-state index in [1.807, 2.05) is 0 Å². The molecule has 0 aliphatic carbocycles. The number of hydrogen-bond donors (Lipinski definition) is 2. The van der Waals surface area contributed by atoms with Crippen molar-refractivity contribution in [2.24, 2.45) is 0 Å². The maximum atomic E-state index is 12.9. The molecule has 0 spiro atoms. The van der Waals surface area contributed by atoms with E-state index < -0.39 is 0 Å². The fourth-order valence-corrected chi connectivity index (χ4v) is 1.94. The summed E-state index contributed by atoms with van der Waals surface area (Å²) >= 11 is 0. The summed E-state index contributed by atoms with van der Waals surface area (Å²) in [5.74, 6) is -0.159. The highest BCUT2D eigenvalue weighted by Crippen LogP contribution is 2.11. The van der Waals surface area contributed by atoms with Crippen LogP contribution >= 0.6 is 0 Å². The van der Waals surface area contributed by atoms with Gasteiger partial charge in [-0.3, -0.25) is 4.79 Å². The Labute approximate surface area is 106 Å². The van der Waals surface area contributed by atoms with Crippen LogP contribution in [0.15, 0.2) is 24.3 Å². The molecule has 98 valence electrons. The fraction of sp³-hybridized carbons (Fsp3) is 0.462. The van der Waals surface area contributed by atoms with E-state index in [0.29, 0.717) is 5.75 Å². The van der Waals surface area contributed by atoms with Gasteiger partial charge in [0, 0.05) is 12.1 Å². The van der Waals surface area contributed by atoms with E-state index in [1.165, 1.54) is 12.1 Å². The van der Waals surface area contributed by atoms with Crippen molar-refractivity contribution in [1.82, 2.24) is 10.6 Å². The monoisotopic (exact) mass is 252 g/mol. The number of carbonyl (C=O) groups excluding carboxylic acids is 1. The van der Waals surface area contributed by atoms with Crippen LogP contribution in [0.25, 0.3) is 0 Å². The Morgan fingerprint density at radius 2 is 2.22 bits per heavy atom. The first-order valence-electron chi connectivity index (χ1n) is 6.12. The number of halogens is 1. The standard InChI is InChI=1S/C13H17FN2O2/c14-10-2-1-3-12(8-10)18-9-13(17)16-11-4-6-15-7-5-11/h1-3,8,11,15H,4-7,9H2,(H,16,17). The molecule has 1 aromatic rings. The van der Waals surface area contributed by atoms with Crippen LogP contribution in [0.5, 0.6) is 5.75 Å². The minimum Gasteiger partial charge on any atom is -0.484 e. The summed E-state index contributed by atoms with van der Waals surface area (Å²) in [5, 5.41) is 6.13. The van der Waals surface area contributed by atoms with Gasteiger partial charge < -0.3 is 15.4 Å². The van der Waals surface area contributed by atoms with E-state index >= 15 is 0 Å². The number of rotatable bonds is 4. The van der Waals surface area contributed by atoms with Crippen LogP contribution in [0.4, 0.5) is 4.39 Å². The second kappa shape index (κ2) is 6.35. The number of amides is 1. The van der Waals surface area contributed by atoms with Gasteiger partial charge in [0.15, 0.2) is 6.61 Å². The molecule has 0 unspecified atom stereocenters. The zero-order valence-electron chi connectivity index (χ0n) is 10.1. The summed E-state index contributed by atoms with van der Waals surface area (Å²) in [6.07, 6.45) is 1.87. The summed E-state index contributed by atoms with van der Waals surface area (Å²) in [7, 11) is 0. The third-order valence-electron chi connectivity index (χ3n) is 2.87. The largest absolute Gasteiger partial charge is 0.484 e. The van der Waals surface area contributed by atoms with E-state index in [-0.39, 0.29) is 24.4 Å². The lowest BCUT2D eigenvalue weighted by atomic mass is 10.1. The summed E-state index contributed by atoms with van der Waals surface area (Å²) in [6.45, 7) is 1.78. The SMILES string of the molecule is O=C(COc1cccc(F)c1)NC1CCNCC1. The Kier molecular flexibility index (Phi) is 4.52. The van der Waals surface area contributed by atoms with Gasteiger partial charge in [-0.15, -0.1) is 0 Å². The molecular formula is C13H17FN2O2. The molecule has 0 atom stereocenters. The molecule has 1 fully saturated rings. The Hall–Kier alpha value is -1.62.